The third-order valence-corrected chi connectivity index (χ3v) is 6.38. The number of carbonyl (C=O) groups excluding carboxylic acids is 1. The van der Waals surface area contributed by atoms with E-state index in [0.717, 1.165) is 11.1 Å². The van der Waals surface area contributed by atoms with Crippen molar-refractivity contribution in [3.8, 4) is 11.6 Å². The summed E-state index contributed by atoms with van der Waals surface area (Å²) in [7, 11) is 1.55. The van der Waals surface area contributed by atoms with Crippen molar-refractivity contribution < 1.29 is 19.4 Å². The van der Waals surface area contributed by atoms with Gasteiger partial charge >= 0.3 is 0 Å². The predicted octanol–water partition coefficient (Wildman–Crippen LogP) is 0.214. The van der Waals surface area contributed by atoms with E-state index in [-0.39, 0.29) is 24.0 Å². The van der Waals surface area contributed by atoms with Gasteiger partial charge in [-0.2, -0.15) is 4.98 Å². The van der Waals surface area contributed by atoms with Crippen LogP contribution in [-0.4, -0.2) is 76.4 Å². The maximum Gasteiger partial charge on any atom is 0.263 e. The number of ether oxygens (including phenoxy) is 2. The van der Waals surface area contributed by atoms with Gasteiger partial charge in [-0.05, 0) is 24.3 Å². The molecule has 2 aliphatic heterocycles. The van der Waals surface area contributed by atoms with E-state index in [1.54, 1.807) is 35.9 Å². The minimum atomic E-state index is -0.464. The summed E-state index contributed by atoms with van der Waals surface area (Å²) in [5.41, 5.74) is 1.25. The van der Waals surface area contributed by atoms with Crippen LogP contribution in [0.3, 0.4) is 0 Å². The Morgan fingerprint density at radius 1 is 1.14 bits per heavy atom. The number of β-amino-alcohol motifs (C(OH)–C–C–N with tert-alkyl or cyclic N) is 1. The number of pyridine rings is 3. The van der Waals surface area contributed by atoms with Crippen LogP contribution in [0, 0.1) is 5.92 Å². The number of carbonyl (C=O) groups is 1. The minimum absolute atomic E-state index is 0.00216. The lowest BCUT2D eigenvalue weighted by atomic mass is 10.1. The first-order valence-electron chi connectivity index (χ1n) is 11.6. The molecular formula is C24H28N6O5. The Hall–Kier alpha value is -3.54. The van der Waals surface area contributed by atoms with Crippen LogP contribution in [0.15, 0.2) is 41.2 Å². The van der Waals surface area contributed by atoms with Crippen LogP contribution in [0.25, 0.3) is 11.0 Å². The molecule has 11 nitrogen and oxygen atoms in total. The molecule has 11 heteroatoms. The van der Waals surface area contributed by atoms with Gasteiger partial charge in [0.1, 0.15) is 5.65 Å². The fourth-order valence-electron chi connectivity index (χ4n) is 4.53. The van der Waals surface area contributed by atoms with Gasteiger partial charge < -0.3 is 25.2 Å². The van der Waals surface area contributed by atoms with Crippen molar-refractivity contribution in [3.63, 3.8) is 0 Å². The van der Waals surface area contributed by atoms with Gasteiger partial charge in [0.2, 0.25) is 5.88 Å². The summed E-state index contributed by atoms with van der Waals surface area (Å²) < 4.78 is 12.2. The highest BCUT2D eigenvalue weighted by molar-refractivity contribution is 5.94. The van der Waals surface area contributed by atoms with Crippen molar-refractivity contribution in [2.75, 3.05) is 45.2 Å². The zero-order valence-electron chi connectivity index (χ0n) is 19.4. The van der Waals surface area contributed by atoms with Crippen LogP contribution in [-0.2, 0) is 17.9 Å². The molecular weight excluding hydrogens is 452 g/mol. The quantitative estimate of drug-likeness (QED) is 0.414. The second kappa shape index (κ2) is 9.98. The summed E-state index contributed by atoms with van der Waals surface area (Å²) >= 11 is 0. The molecule has 184 valence electrons. The smallest absolute Gasteiger partial charge is 0.263 e. The number of fused-ring (bicyclic) bond motifs is 2. The normalized spacial score (nSPS) is 19.9. The second-order valence-electron chi connectivity index (χ2n) is 8.79. The number of rotatable bonds is 8. The molecule has 5 rings (SSSR count). The van der Waals surface area contributed by atoms with Crippen LogP contribution in [0.4, 0.5) is 5.82 Å². The number of hydrogen-bond donors (Lipinski definition) is 3. The van der Waals surface area contributed by atoms with Gasteiger partial charge in [0.05, 0.1) is 18.9 Å². The predicted molar refractivity (Wildman–Crippen MR) is 129 cm³/mol. The molecule has 0 unspecified atom stereocenters. The summed E-state index contributed by atoms with van der Waals surface area (Å²) in [6.45, 7) is 3.47. The van der Waals surface area contributed by atoms with Crippen molar-refractivity contribution in [2.45, 2.75) is 19.2 Å². The van der Waals surface area contributed by atoms with E-state index < -0.39 is 6.10 Å². The van der Waals surface area contributed by atoms with Crippen LogP contribution in [0.5, 0.6) is 11.6 Å². The first kappa shape index (κ1) is 23.2. The van der Waals surface area contributed by atoms with Crippen LogP contribution < -0.4 is 25.7 Å². The highest BCUT2D eigenvalue weighted by Crippen LogP contribution is 2.25. The van der Waals surface area contributed by atoms with E-state index in [0.29, 0.717) is 62.4 Å². The monoisotopic (exact) mass is 480 g/mol. The Balaban J connectivity index is 1.16. The number of hydrogen-bond acceptors (Lipinski definition) is 9. The third kappa shape index (κ3) is 5.11. The molecule has 0 saturated carbocycles. The first-order valence-corrected chi connectivity index (χ1v) is 11.6. The Morgan fingerprint density at radius 3 is 2.86 bits per heavy atom. The van der Waals surface area contributed by atoms with Crippen molar-refractivity contribution >= 4 is 22.8 Å². The van der Waals surface area contributed by atoms with Gasteiger partial charge in [-0.15, -0.1) is 0 Å². The van der Waals surface area contributed by atoms with E-state index in [1.807, 2.05) is 12.1 Å². The molecule has 0 spiro atoms. The molecule has 0 aliphatic carbocycles. The zero-order chi connectivity index (χ0) is 24.4. The largest absolute Gasteiger partial charge is 0.481 e. The van der Waals surface area contributed by atoms with Gasteiger partial charge in [-0.3, -0.25) is 19.1 Å². The summed E-state index contributed by atoms with van der Waals surface area (Å²) in [6, 6.07) is 10.6. The van der Waals surface area contributed by atoms with Gasteiger partial charge in [0, 0.05) is 62.7 Å². The fourth-order valence-corrected chi connectivity index (χ4v) is 4.53. The van der Waals surface area contributed by atoms with Gasteiger partial charge in [-0.25, -0.2) is 4.98 Å². The maximum absolute atomic E-state index is 12.5. The average Bonchev–Trinajstić information content (AvgIpc) is 3.21. The Labute approximate surface area is 201 Å². The Morgan fingerprint density at radius 2 is 2.00 bits per heavy atom. The van der Waals surface area contributed by atoms with Gasteiger partial charge in [-0.1, -0.05) is 0 Å². The average molecular weight is 481 g/mol. The molecule has 0 aromatic carbocycles. The maximum atomic E-state index is 12.5. The van der Waals surface area contributed by atoms with Crippen molar-refractivity contribution in [3.05, 3.63) is 52.4 Å². The first-order chi connectivity index (χ1) is 17.0. The molecule has 2 aliphatic rings. The number of amides is 1. The lowest BCUT2D eigenvalue weighted by molar-refractivity contribution is -0.118. The van der Waals surface area contributed by atoms with Crippen LogP contribution in [0.1, 0.15) is 5.69 Å². The molecule has 3 aromatic rings. The minimum Gasteiger partial charge on any atom is -0.481 e. The lowest BCUT2D eigenvalue weighted by Crippen LogP contribution is -2.31. The SMILES string of the molecule is COc1ccc2ccc(=O)n(CCN3C[C@H](CNCc4ccc5c(n4)NC(=O)CO5)[C@H](O)C3)c2n1. The van der Waals surface area contributed by atoms with Crippen LogP contribution >= 0.6 is 0 Å². The summed E-state index contributed by atoms with van der Waals surface area (Å²) in [6.07, 6.45) is -0.464. The van der Waals surface area contributed by atoms with Gasteiger partial charge in [0.25, 0.3) is 11.5 Å². The number of aliphatic hydroxyl groups excluding tert-OH is 1. The topological polar surface area (TPSA) is 131 Å². The van der Waals surface area contributed by atoms with E-state index >= 15 is 0 Å². The number of likely N-dealkylation sites (tertiary alicyclic amines) is 1. The number of anilines is 1. The lowest BCUT2D eigenvalue weighted by Gasteiger charge is -2.18. The van der Waals surface area contributed by atoms with E-state index in [9.17, 15) is 14.7 Å². The van der Waals surface area contributed by atoms with Crippen molar-refractivity contribution in [1.29, 1.82) is 0 Å². The van der Waals surface area contributed by atoms with Gasteiger partial charge in [0.15, 0.2) is 18.2 Å². The molecule has 0 bridgehead atoms. The van der Waals surface area contributed by atoms with Crippen molar-refractivity contribution in [1.82, 2.24) is 24.8 Å². The Kier molecular flexibility index (Phi) is 6.62. The molecule has 0 radical (unpaired) electrons. The second-order valence-corrected chi connectivity index (χ2v) is 8.79. The number of nitrogens with one attached hydrogen (secondary N) is 2. The molecule has 1 fully saturated rings. The molecule has 2 atom stereocenters. The molecule has 3 N–H and O–H groups in total. The highest BCUT2D eigenvalue weighted by Gasteiger charge is 2.30. The standard InChI is InChI=1S/C24H28N6O5/c1-34-21-6-2-15-3-7-22(33)30(24(15)28-21)9-8-29-12-16(18(31)13-29)10-25-11-17-4-5-19-23(26-17)27-20(32)14-35-19/h2-7,16,18,25,31H,8-14H2,1H3,(H,26,27,32)/t16-,18+/m0/s1. The van der Waals surface area contributed by atoms with E-state index in [1.165, 1.54) is 0 Å². The molecule has 3 aromatic heterocycles. The number of aliphatic hydroxyl groups is 1. The van der Waals surface area contributed by atoms with E-state index in [4.69, 9.17) is 9.47 Å². The summed E-state index contributed by atoms with van der Waals surface area (Å²) in [5.74, 6) is 1.29. The Bertz CT molecular complexity index is 1300. The van der Waals surface area contributed by atoms with Crippen molar-refractivity contribution in [2.24, 2.45) is 5.92 Å². The molecule has 5 heterocycles. The third-order valence-electron chi connectivity index (χ3n) is 6.38. The molecule has 1 saturated heterocycles. The summed E-state index contributed by atoms with van der Waals surface area (Å²) in [5, 5.41) is 17.5. The molecule has 35 heavy (non-hydrogen) atoms. The van der Waals surface area contributed by atoms with Crippen LogP contribution in [0.2, 0.25) is 0 Å². The van der Waals surface area contributed by atoms with E-state index in [2.05, 4.69) is 25.5 Å². The zero-order valence-corrected chi connectivity index (χ0v) is 19.4. The molecule has 1 amide bonds. The fraction of sp³-hybridized carbons (Fsp3) is 0.417. The number of aromatic nitrogens is 3. The highest BCUT2D eigenvalue weighted by atomic mass is 16.5. The number of methoxy groups -OCH3 is 1. The summed E-state index contributed by atoms with van der Waals surface area (Å²) in [4.78, 5) is 35.1. The number of nitrogens with zero attached hydrogens (tertiary/aromatic N) is 4.